The average Bonchev–Trinajstić information content (AvgIpc) is 3.40. The number of rotatable bonds is 5. The third-order valence-corrected chi connectivity index (χ3v) is 5.92. The number of aromatic nitrogens is 4. The standard InChI is InChI=1S/C29H21N5O/c35-29(31-18-20-11-14-26-30-15-16-34(26)19-20)23-12-13-24-25(17-23)33-28(22-9-5-2-6-10-22)27(32-24)21-7-3-1-4-8-21/h1-17,19H,18H2,(H,31,35). The maximum Gasteiger partial charge on any atom is 0.251 e. The van der Waals surface area contributed by atoms with Crippen molar-refractivity contribution in [3.8, 4) is 22.5 Å². The Labute approximate surface area is 202 Å². The minimum absolute atomic E-state index is 0.159. The molecule has 1 amide bonds. The Morgan fingerprint density at radius 3 is 2.17 bits per heavy atom. The highest BCUT2D eigenvalue weighted by atomic mass is 16.1. The summed E-state index contributed by atoms with van der Waals surface area (Å²) in [5, 5.41) is 3.00. The van der Waals surface area contributed by atoms with Crippen molar-refractivity contribution in [3.63, 3.8) is 0 Å². The molecule has 35 heavy (non-hydrogen) atoms. The van der Waals surface area contributed by atoms with Gasteiger partial charge in [-0.3, -0.25) is 4.79 Å². The molecule has 0 unspecified atom stereocenters. The zero-order valence-corrected chi connectivity index (χ0v) is 18.8. The van der Waals surface area contributed by atoms with Crippen molar-refractivity contribution >= 4 is 22.6 Å². The highest BCUT2D eigenvalue weighted by Crippen LogP contribution is 2.31. The van der Waals surface area contributed by atoms with Crippen LogP contribution in [0.5, 0.6) is 0 Å². The zero-order valence-electron chi connectivity index (χ0n) is 18.8. The van der Waals surface area contributed by atoms with Gasteiger partial charge in [0.25, 0.3) is 5.91 Å². The van der Waals surface area contributed by atoms with Gasteiger partial charge in [0.05, 0.1) is 22.4 Å². The van der Waals surface area contributed by atoms with Crippen molar-refractivity contribution in [2.45, 2.75) is 6.54 Å². The van der Waals surface area contributed by atoms with E-state index in [0.29, 0.717) is 17.6 Å². The summed E-state index contributed by atoms with van der Waals surface area (Å²) in [7, 11) is 0. The maximum atomic E-state index is 12.9. The highest BCUT2D eigenvalue weighted by Gasteiger charge is 2.15. The van der Waals surface area contributed by atoms with E-state index in [9.17, 15) is 4.79 Å². The molecule has 0 aliphatic heterocycles. The molecule has 3 aromatic heterocycles. The fraction of sp³-hybridized carbons (Fsp3) is 0.0345. The third kappa shape index (κ3) is 4.13. The van der Waals surface area contributed by atoms with E-state index in [1.165, 1.54) is 0 Å². The van der Waals surface area contributed by atoms with Crippen molar-refractivity contribution < 1.29 is 4.79 Å². The quantitative estimate of drug-likeness (QED) is 0.370. The number of fused-ring (bicyclic) bond motifs is 2. The number of carbonyl (C=O) groups excluding carboxylic acids is 1. The maximum absolute atomic E-state index is 12.9. The van der Waals surface area contributed by atoms with E-state index in [1.807, 2.05) is 95.7 Å². The molecule has 6 heteroatoms. The average molecular weight is 456 g/mol. The Balaban J connectivity index is 1.34. The summed E-state index contributed by atoms with van der Waals surface area (Å²) in [6.45, 7) is 0.416. The molecule has 3 aromatic carbocycles. The number of pyridine rings is 1. The summed E-state index contributed by atoms with van der Waals surface area (Å²) in [6, 6.07) is 29.4. The van der Waals surface area contributed by atoms with Crippen molar-refractivity contribution in [3.05, 3.63) is 121 Å². The van der Waals surface area contributed by atoms with Crippen molar-refractivity contribution in [2.75, 3.05) is 0 Å². The van der Waals surface area contributed by atoms with Gasteiger partial charge in [0.1, 0.15) is 5.65 Å². The van der Waals surface area contributed by atoms with E-state index >= 15 is 0 Å². The minimum Gasteiger partial charge on any atom is -0.348 e. The number of amides is 1. The molecule has 0 saturated carbocycles. The number of hydrogen-bond donors (Lipinski definition) is 1. The van der Waals surface area contributed by atoms with Gasteiger partial charge < -0.3 is 9.72 Å². The summed E-state index contributed by atoms with van der Waals surface area (Å²) in [5.41, 5.74) is 7.40. The first-order chi connectivity index (χ1) is 17.2. The second kappa shape index (κ2) is 8.83. The largest absolute Gasteiger partial charge is 0.348 e. The van der Waals surface area contributed by atoms with Gasteiger partial charge in [-0.15, -0.1) is 0 Å². The van der Waals surface area contributed by atoms with Gasteiger partial charge in [0, 0.05) is 41.8 Å². The van der Waals surface area contributed by atoms with Crippen LogP contribution in [-0.4, -0.2) is 25.3 Å². The SMILES string of the molecule is O=C(NCc1ccc2nccn2c1)c1ccc2nc(-c3ccccc3)c(-c3ccccc3)nc2c1. The van der Waals surface area contributed by atoms with Gasteiger partial charge >= 0.3 is 0 Å². The number of hydrogen-bond acceptors (Lipinski definition) is 4. The number of nitrogens with one attached hydrogen (secondary N) is 1. The first kappa shape index (κ1) is 20.7. The molecule has 0 saturated heterocycles. The number of imidazole rings is 1. The summed E-state index contributed by atoms with van der Waals surface area (Å²) in [4.78, 5) is 27.1. The Morgan fingerprint density at radius 1 is 0.771 bits per heavy atom. The van der Waals surface area contributed by atoms with E-state index in [-0.39, 0.29) is 5.91 Å². The van der Waals surface area contributed by atoms with Gasteiger partial charge in [-0.2, -0.15) is 0 Å². The molecule has 0 radical (unpaired) electrons. The van der Waals surface area contributed by atoms with Gasteiger partial charge in [-0.25, -0.2) is 15.0 Å². The van der Waals surface area contributed by atoms with Crippen LogP contribution in [0.2, 0.25) is 0 Å². The first-order valence-electron chi connectivity index (χ1n) is 11.4. The summed E-state index contributed by atoms with van der Waals surface area (Å²) in [5.74, 6) is -0.159. The van der Waals surface area contributed by atoms with E-state index in [1.54, 1.807) is 18.3 Å². The predicted octanol–water partition coefficient (Wildman–Crippen LogP) is 5.54. The van der Waals surface area contributed by atoms with Crippen LogP contribution in [0.4, 0.5) is 0 Å². The molecule has 6 rings (SSSR count). The summed E-state index contributed by atoms with van der Waals surface area (Å²) < 4.78 is 1.93. The van der Waals surface area contributed by atoms with E-state index in [2.05, 4.69) is 10.3 Å². The van der Waals surface area contributed by atoms with Gasteiger partial charge in [-0.05, 0) is 29.8 Å². The molecule has 6 nitrogen and oxygen atoms in total. The monoisotopic (exact) mass is 455 g/mol. The van der Waals surface area contributed by atoms with Crippen LogP contribution < -0.4 is 5.32 Å². The highest BCUT2D eigenvalue weighted by molar-refractivity contribution is 5.98. The normalized spacial score (nSPS) is 11.1. The lowest BCUT2D eigenvalue weighted by molar-refractivity contribution is 0.0951. The lowest BCUT2D eigenvalue weighted by atomic mass is 10.0. The first-order valence-corrected chi connectivity index (χ1v) is 11.4. The van der Waals surface area contributed by atoms with Crippen LogP contribution >= 0.6 is 0 Å². The lowest BCUT2D eigenvalue weighted by Crippen LogP contribution is -2.23. The molecule has 0 bridgehead atoms. The van der Waals surface area contributed by atoms with Crippen LogP contribution in [0.3, 0.4) is 0 Å². The topological polar surface area (TPSA) is 72.2 Å². The van der Waals surface area contributed by atoms with Crippen molar-refractivity contribution in [1.82, 2.24) is 24.7 Å². The Morgan fingerprint density at radius 2 is 1.46 bits per heavy atom. The van der Waals surface area contributed by atoms with Crippen LogP contribution in [0, 0.1) is 0 Å². The molecule has 0 aliphatic rings. The number of benzene rings is 3. The van der Waals surface area contributed by atoms with Gasteiger partial charge in [0.15, 0.2) is 0 Å². The Bertz CT molecular complexity index is 1660. The minimum atomic E-state index is -0.159. The molecule has 0 fully saturated rings. The predicted molar refractivity (Wildman–Crippen MR) is 137 cm³/mol. The van der Waals surface area contributed by atoms with Crippen LogP contribution in [0.15, 0.2) is 110 Å². The lowest BCUT2D eigenvalue weighted by Gasteiger charge is -2.11. The van der Waals surface area contributed by atoms with Crippen LogP contribution in [-0.2, 0) is 6.54 Å². The third-order valence-electron chi connectivity index (χ3n) is 5.92. The number of nitrogens with zero attached hydrogens (tertiary/aromatic N) is 4. The molecule has 0 atom stereocenters. The summed E-state index contributed by atoms with van der Waals surface area (Å²) in [6.07, 6.45) is 5.60. The fourth-order valence-electron chi connectivity index (χ4n) is 4.15. The molecule has 168 valence electrons. The second-order valence-corrected chi connectivity index (χ2v) is 8.27. The molecular formula is C29H21N5O. The summed E-state index contributed by atoms with van der Waals surface area (Å²) >= 11 is 0. The molecule has 1 N–H and O–H groups in total. The van der Waals surface area contributed by atoms with Gasteiger partial charge in [0.2, 0.25) is 0 Å². The number of carbonyl (C=O) groups is 1. The van der Waals surface area contributed by atoms with Crippen molar-refractivity contribution in [2.24, 2.45) is 0 Å². The van der Waals surface area contributed by atoms with Gasteiger partial charge in [-0.1, -0.05) is 66.7 Å². The Kier molecular flexibility index (Phi) is 5.24. The molecular weight excluding hydrogens is 434 g/mol. The fourth-order valence-corrected chi connectivity index (χ4v) is 4.15. The Hall–Kier alpha value is -4.84. The molecule has 0 aliphatic carbocycles. The van der Waals surface area contributed by atoms with E-state index < -0.39 is 0 Å². The smallest absolute Gasteiger partial charge is 0.251 e. The zero-order chi connectivity index (χ0) is 23.6. The van der Waals surface area contributed by atoms with E-state index in [4.69, 9.17) is 9.97 Å². The van der Waals surface area contributed by atoms with Crippen LogP contribution in [0.1, 0.15) is 15.9 Å². The van der Waals surface area contributed by atoms with Crippen LogP contribution in [0.25, 0.3) is 39.2 Å². The molecule has 6 aromatic rings. The second-order valence-electron chi connectivity index (χ2n) is 8.27. The van der Waals surface area contributed by atoms with E-state index in [0.717, 1.165) is 39.2 Å². The molecule has 3 heterocycles. The molecule has 0 spiro atoms. The van der Waals surface area contributed by atoms with Crippen molar-refractivity contribution in [1.29, 1.82) is 0 Å².